The average Bonchev–Trinajstić information content (AvgIpc) is 2.67. The van der Waals surface area contributed by atoms with Gasteiger partial charge in [-0.25, -0.2) is 0 Å². The van der Waals surface area contributed by atoms with Crippen molar-refractivity contribution in [3.8, 4) is 0 Å². The first-order valence-corrected chi connectivity index (χ1v) is 4.12. The fraction of sp³-hybridized carbons (Fsp3) is 0.750. The molecule has 5 heteroatoms. The Labute approximate surface area is 87.7 Å². The molecule has 1 fully saturated rings. The molecule has 0 amide bonds. The van der Waals surface area contributed by atoms with Gasteiger partial charge in [-0.15, -0.1) is 12.4 Å². The summed E-state index contributed by atoms with van der Waals surface area (Å²) in [7, 11) is 0. The normalized spacial score (nSPS) is 26.8. The zero-order valence-electron chi connectivity index (χ0n) is 10.1. The predicted octanol–water partition coefficient (Wildman–Crippen LogP) is 1.27. The van der Waals surface area contributed by atoms with Crippen molar-refractivity contribution < 1.29 is 8.64 Å². The maximum absolute atomic E-state index is 7.13. The molecule has 0 aliphatic carbocycles. The molecule has 4 nitrogen and oxygen atoms in total. The highest BCUT2D eigenvalue weighted by molar-refractivity contribution is 5.85. The van der Waals surface area contributed by atoms with Crippen LogP contribution in [0.15, 0.2) is 4.52 Å². The van der Waals surface area contributed by atoms with E-state index in [1.165, 1.54) is 0 Å². The average molecular weight is 207 g/mol. The van der Waals surface area contributed by atoms with Crippen LogP contribution in [0.4, 0.5) is 0 Å². The van der Waals surface area contributed by atoms with Crippen molar-refractivity contribution in [1.82, 2.24) is 15.5 Å². The molecule has 1 aliphatic heterocycles. The van der Waals surface area contributed by atoms with Gasteiger partial charge in [0.25, 0.3) is 0 Å². The van der Waals surface area contributed by atoms with Gasteiger partial charge < -0.3 is 9.84 Å². The lowest BCUT2D eigenvalue weighted by molar-refractivity contribution is 0.321. The Hall–Kier alpha value is -0.610. The summed E-state index contributed by atoms with van der Waals surface area (Å²) < 4.78 is 26.4. The van der Waals surface area contributed by atoms with Gasteiger partial charge in [0.2, 0.25) is 5.89 Å². The van der Waals surface area contributed by atoms with E-state index in [0.29, 0.717) is 5.89 Å². The van der Waals surface area contributed by atoms with Crippen LogP contribution in [0.3, 0.4) is 0 Å². The van der Waals surface area contributed by atoms with Gasteiger partial charge in [-0.2, -0.15) is 4.98 Å². The fourth-order valence-corrected chi connectivity index (χ4v) is 1.46. The number of nitrogens with one attached hydrogen (secondary N) is 1. The minimum atomic E-state index is -2.27. The predicted molar refractivity (Wildman–Crippen MR) is 51.1 cm³/mol. The number of nitrogens with zero attached hydrogens (tertiary/aromatic N) is 2. The molecule has 0 aromatic carbocycles. The molecule has 1 aromatic heterocycles. The second-order valence-electron chi connectivity index (χ2n) is 3.00. The van der Waals surface area contributed by atoms with E-state index in [-0.39, 0.29) is 24.1 Å². The first kappa shape index (κ1) is 6.79. The molecule has 0 radical (unpaired) electrons. The van der Waals surface area contributed by atoms with Crippen molar-refractivity contribution in [1.29, 1.82) is 0 Å². The molecule has 1 atom stereocenters. The Balaban J connectivity index is 0.00000128. The van der Waals surface area contributed by atoms with Crippen LogP contribution in [0.1, 0.15) is 34.6 Å². The number of aryl methyl sites for hydroxylation is 1. The minimum absolute atomic E-state index is 0. The molecule has 0 saturated carbocycles. The summed E-state index contributed by atoms with van der Waals surface area (Å²) in [5.41, 5.74) is 0. The molecular weight excluding hydrogens is 190 g/mol. The largest absolute Gasteiger partial charge is 0.339 e. The topological polar surface area (TPSA) is 51.0 Å². The molecular formula is C8H14ClN3O. The van der Waals surface area contributed by atoms with Crippen LogP contribution in [-0.4, -0.2) is 23.2 Å². The van der Waals surface area contributed by atoms with Crippen molar-refractivity contribution >= 4 is 12.4 Å². The van der Waals surface area contributed by atoms with E-state index in [1.807, 2.05) is 0 Å². The van der Waals surface area contributed by atoms with E-state index in [1.54, 1.807) is 0 Å². The summed E-state index contributed by atoms with van der Waals surface area (Å²) in [4.78, 5) is 3.92. The third-order valence-corrected chi connectivity index (χ3v) is 2.09. The Morgan fingerprint density at radius 3 is 3.23 bits per heavy atom. The molecule has 1 unspecified atom stereocenters. The lowest BCUT2D eigenvalue weighted by Crippen LogP contribution is -2.28. The quantitative estimate of drug-likeness (QED) is 0.752. The molecule has 0 spiro atoms. The van der Waals surface area contributed by atoms with Gasteiger partial charge in [0.1, 0.15) is 0 Å². The van der Waals surface area contributed by atoms with Crippen molar-refractivity contribution in [3.05, 3.63) is 11.7 Å². The van der Waals surface area contributed by atoms with Gasteiger partial charge in [-0.3, -0.25) is 0 Å². The number of rotatable bonds is 1. The number of aromatic nitrogens is 2. The number of hydrogen-bond donors (Lipinski definition) is 1. The van der Waals surface area contributed by atoms with E-state index >= 15 is 0 Å². The smallest absolute Gasteiger partial charge is 0.231 e. The van der Waals surface area contributed by atoms with Crippen molar-refractivity contribution in [2.45, 2.75) is 25.6 Å². The van der Waals surface area contributed by atoms with Crippen LogP contribution >= 0.6 is 12.4 Å². The molecule has 2 rings (SSSR count). The molecule has 2 heterocycles. The van der Waals surface area contributed by atoms with E-state index in [4.69, 9.17) is 8.64 Å². The second-order valence-corrected chi connectivity index (χ2v) is 3.00. The zero-order valence-corrected chi connectivity index (χ0v) is 7.93. The molecule has 13 heavy (non-hydrogen) atoms. The summed E-state index contributed by atoms with van der Waals surface area (Å²) in [6.45, 7) is -0.497. The van der Waals surface area contributed by atoms with Crippen LogP contribution < -0.4 is 5.32 Å². The van der Waals surface area contributed by atoms with Crippen LogP contribution in [0.5, 0.6) is 0 Å². The van der Waals surface area contributed by atoms with E-state index in [0.717, 1.165) is 25.9 Å². The third-order valence-electron chi connectivity index (χ3n) is 2.09. The van der Waals surface area contributed by atoms with Crippen molar-refractivity contribution in [3.63, 3.8) is 0 Å². The summed E-state index contributed by atoms with van der Waals surface area (Å²) >= 11 is 0. The first-order valence-electron chi connectivity index (χ1n) is 5.62. The van der Waals surface area contributed by atoms with Crippen LogP contribution in [0.2, 0.25) is 0 Å². The van der Waals surface area contributed by atoms with Crippen LogP contribution in [-0.2, 0) is 0 Å². The summed E-state index contributed by atoms with van der Waals surface area (Å²) in [5, 5.41) is 6.70. The monoisotopic (exact) mass is 206 g/mol. The lowest BCUT2D eigenvalue weighted by Gasteiger charge is -2.18. The highest BCUT2D eigenvalue weighted by atomic mass is 35.5. The number of halogens is 1. The van der Waals surface area contributed by atoms with Gasteiger partial charge in [0.05, 0.1) is 5.92 Å². The van der Waals surface area contributed by atoms with Gasteiger partial charge in [0.15, 0.2) is 5.82 Å². The van der Waals surface area contributed by atoms with E-state index in [9.17, 15) is 0 Å². The van der Waals surface area contributed by atoms with E-state index in [2.05, 4.69) is 15.5 Å². The summed E-state index contributed by atoms with van der Waals surface area (Å²) in [6.07, 6.45) is 2.02. The third kappa shape index (κ3) is 2.42. The van der Waals surface area contributed by atoms with Gasteiger partial charge >= 0.3 is 0 Å². The maximum atomic E-state index is 7.13. The van der Waals surface area contributed by atoms with Crippen molar-refractivity contribution in [2.24, 2.45) is 0 Å². The maximum Gasteiger partial charge on any atom is 0.231 e. The zero-order chi connectivity index (χ0) is 10.9. The highest BCUT2D eigenvalue weighted by Gasteiger charge is 2.20. The molecule has 1 aliphatic rings. The molecule has 0 bridgehead atoms. The summed E-state index contributed by atoms with van der Waals surface area (Å²) in [6, 6.07) is 0. The SMILES string of the molecule is Cl.[2H]C([2H])([2H])c1noc(C2CCCNC2)n1. The summed E-state index contributed by atoms with van der Waals surface area (Å²) in [5.74, 6) is 0.402. The highest BCUT2D eigenvalue weighted by Crippen LogP contribution is 2.20. The van der Waals surface area contributed by atoms with Crippen LogP contribution in [0, 0.1) is 6.85 Å². The van der Waals surface area contributed by atoms with Gasteiger partial charge in [-0.1, -0.05) is 5.16 Å². The first-order chi connectivity index (χ1) is 7.07. The number of hydrogen-bond acceptors (Lipinski definition) is 4. The molecule has 1 saturated heterocycles. The van der Waals surface area contributed by atoms with Crippen LogP contribution in [0.25, 0.3) is 0 Å². The van der Waals surface area contributed by atoms with Crippen molar-refractivity contribution in [2.75, 3.05) is 13.1 Å². The second kappa shape index (κ2) is 4.58. The standard InChI is InChI=1S/C8H13N3O.ClH/c1-6-10-8(12-11-6)7-3-2-4-9-5-7;/h7,9H,2-5H2,1H3;1H/i1D3;. The molecule has 74 valence electrons. The minimum Gasteiger partial charge on any atom is -0.339 e. The Morgan fingerprint density at radius 1 is 1.69 bits per heavy atom. The Bertz CT molecular complexity index is 336. The fourth-order valence-electron chi connectivity index (χ4n) is 1.46. The lowest BCUT2D eigenvalue weighted by atomic mass is 10.00. The van der Waals surface area contributed by atoms with Gasteiger partial charge in [-0.05, 0) is 26.2 Å². The van der Waals surface area contributed by atoms with Gasteiger partial charge in [0, 0.05) is 10.7 Å². The molecule has 1 aromatic rings. The Morgan fingerprint density at radius 2 is 2.62 bits per heavy atom. The molecule has 1 N–H and O–H groups in total. The number of piperidine rings is 1. The van der Waals surface area contributed by atoms with E-state index < -0.39 is 6.85 Å². The Kier molecular flexibility index (Phi) is 2.39.